The Morgan fingerprint density at radius 3 is 2.72 bits per heavy atom. The van der Waals surface area contributed by atoms with Gasteiger partial charge in [0.05, 0.1) is 4.90 Å². The predicted octanol–water partition coefficient (Wildman–Crippen LogP) is 1.25. The maximum atomic E-state index is 12.4. The molecule has 0 aromatic heterocycles. The quantitative estimate of drug-likeness (QED) is 0.742. The van der Waals surface area contributed by atoms with E-state index < -0.39 is 10.0 Å². The molecule has 7 nitrogen and oxygen atoms in total. The Morgan fingerprint density at radius 2 is 1.96 bits per heavy atom. The zero-order chi connectivity index (χ0) is 17.9. The molecular formula is C17H23N3O4S. The molecule has 2 aliphatic heterocycles. The van der Waals surface area contributed by atoms with Crippen molar-refractivity contribution in [2.24, 2.45) is 0 Å². The van der Waals surface area contributed by atoms with E-state index >= 15 is 0 Å². The van der Waals surface area contributed by atoms with E-state index in [0.717, 1.165) is 18.5 Å². The van der Waals surface area contributed by atoms with Gasteiger partial charge in [0.15, 0.2) is 0 Å². The van der Waals surface area contributed by atoms with Gasteiger partial charge in [-0.3, -0.25) is 9.59 Å². The number of hydrogen-bond acceptors (Lipinski definition) is 4. The van der Waals surface area contributed by atoms with E-state index in [0.29, 0.717) is 50.9 Å². The topological polar surface area (TPSA) is 95.6 Å². The van der Waals surface area contributed by atoms with Crippen LogP contribution in [0.4, 0.5) is 5.69 Å². The number of hydrogen-bond donors (Lipinski definition) is 2. The molecule has 136 valence electrons. The van der Waals surface area contributed by atoms with Gasteiger partial charge in [-0.05, 0) is 49.4 Å². The zero-order valence-corrected chi connectivity index (χ0v) is 14.9. The Kier molecular flexibility index (Phi) is 5.39. The fraction of sp³-hybridized carbons (Fsp3) is 0.529. The lowest BCUT2D eigenvalue weighted by Crippen LogP contribution is -2.30. The van der Waals surface area contributed by atoms with Crippen LogP contribution >= 0.6 is 0 Å². The number of nitrogens with one attached hydrogen (secondary N) is 2. The molecule has 25 heavy (non-hydrogen) atoms. The van der Waals surface area contributed by atoms with E-state index in [1.807, 2.05) is 0 Å². The third kappa shape index (κ3) is 4.38. The van der Waals surface area contributed by atoms with Gasteiger partial charge >= 0.3 is 0 Å². The highest BCUT2D eigenvalue weighted by Gasteiger charge is 2.21. The van der Waals surface area contributed by atoms with Gasteiger partial charge in [0.1, 0.15) is 0 Å². The number of anilines is 1. The summed E-state index contributed by atoms with van der Waals surface area (Å²) in [7, 11) is -3.59. The zero-order valence-electron chi connectivity index (χ0n) is 14.1. The van der Waals surface area contributed by atoms with Crippen molar-refractivity contribution in [3.63, 3.8) is 0 Å². The largest absolute Gasteiger partial charge is 0.343 e. The standard InChI is InChI=1S/C17H23N3O4S/c21-16-5-1-4-13-12-14(7-8-15(13)19-16)25(23,24)18-9-3-11-20-10-2-6-17(20)22/h7-8,12,18H,1-6,9-11H2,(H,19,21). The van der Waals surface area contributed by atoms with Crippen molar-refractivity contribution < 1.29 is 18.0 Å². The minimum Gasteiger partial charge on any atom is -0.343 e. The van der Waals surface area contributed by atoms with E-state index in [-0.39, 0.29) is 16.7 Å². The molecule has 0 atom stereocenters. The number of carbonyl (C=O) groups is 2. The number of aryl methyl sites for hydroxylation is 1. The van der Waals surface area contributed by atoms with Crippen molar-refractivity contribution >= 4 is 27.5 Å². The Balaban J connectivity index is 1.59. The minimum atomic E-state index is -3.59. The Morgan fingerprint density at radius 1 is 1.12 bits per heavy atom. The summed E-state index contributed by atoms with van der Waals surface area (Å²) in [6.07, 6.45) is 3.90. The number of carbonyl (C=O) groups excluding carboxylic acids is 2. The van der Waals surface area contributed by atoms with Gasteiger partial charge in [0, 0.05) is 38.2 Å². The van der Waals surface area contributed by atoms with Crippen molar-refractivity contribution in [1.29, 1.82) is 0 Å². The first-order valence-electron chi connectivity index (χ1n) is 8.66. The fourth-order valence-electron chi connectivity index (χ4n) is 3.22. The first-order chi connectivity index (χ1) is 12.0. The normalized spacial score (nSPS) is 18.0. The molecule has 8 heteroatoms. The highest BCUT2D eigenvalue weighted by molar-refractivity contribution is 7.89. The molecule has 3 rings (SSSR count). The van der Waals surface area contributed by atoms with Crippen LogP contribution in [0.15, 0.2) is 23.1 Å². The van der Waals surface area contributed by atoms with Gasteiger partial charge in [-0.15, -0.1) is 0 Å². The molecule has 1 saturated heterocycles. The molecule has 2 heterocycles. The van der Waals surface area contributed by atoms with Crippen LogP contribution in [0, 0.1) is 0 Å². The van der Waals surface area contributed by atoms with Gasteiger partial charge in [-0.1, -0.05) is 0 Å². The fourth-order valence-corrected chi connectivity index (χ4v) is 4.34. The molecule has 1 aromatic rings. The second kappa shape index (κ2) is 7.53. The third-order valence-corrected chi connectivity index (χ3v) is 6.04. The van der Waals surface area contributed by atoms with Crippen LogP contribution in [0.5, 0.6) is 0 Å². The van der Waals surface area contributed by atoms with Gasteiger partial charge in [-0.25, -0.2) is 13.1 Å². The summed E-state index contributed by atoms with van der Waals surface area (Å²) < 4.78 is 27.5. The van der Waals surface area contributed by atoms with Crippen LogP contribution in [-0.4, -0.2) is 44.8 Å². The molecule has 0 saturated carbocycles. The van der Waals surface area contributed by atoms with Crippen LogP contribution in [0.3, 0.4) is 0 Å². The molecule has 0 bridgehead atoms. The average molecular weight is 365 g/mol. The lowest BCUT2D eigenvalue weighted by molar-refractivity contribution is -0.127. The maximum Gasteiger partial charge on any atom is 0.240 e. The van der Waals surface area contributed by atoms with Gasteiger partial charge in [0.2, 0.25) is 21.8 Å². The number of amides is 2. The van der Waals surface area contributed by atoms with Crippen molar-refractivity contribution in [3.05, 3.63) is 23.8 Å². The van der Waals surface area contributed by atoms with E-state index in [1.165, 1.54) is 6.07 Å². The Labute approximate surface area is 147 Å². The summed E-state index contributed by atoms with van der Waals surface area (Å²) in [5.41, 5.74) is 1.53. The number of likely N-dealkylation sites (tertiary alicyclic amines) is 1. The molecule has 2 aliphatic rings. The van der Waals surface area contributed by atoms with E-state index in [9.17, 15) is 18.0 Å². The molecular weight excluding hydrogens is 342 g/mol. The number of sulfonamides is 1. The lowest BCUT2D eigenvalue weighted by Gasteiger charge is -2.15. The van der Waals surface area contributed by atoms with Crippen LogP contribution in [0.2, 0.25) is 0 Å². The van der Waals surface area contributed by atoms with E-state index in [2.05, 4.69) is 10.0 Å². The Bertz CT molecular complexity index is 776. The smallest absolute Gasteiger partial charge is 0.240 e. The molecule has 1 fully saturated rings. The van der Waals surface area contributed by atoms with Crippen molar-refractivity contribution in [3.8, 4) is 0 Å². The second-order valence-electron chi connectivity index (χ2n) is 6.46. The summed E-state index contributed by atoms with van der Waals surface area (Å²) in [4.78, 5) is 25.1. The SMILES string of the molecule is O=C1CCCc2cc(S(=O)(=O)NCCCN3CCCC3=O)ccc2N1. The minimum absolute atomic E-state index is 0.0380. The van der Waals surface area contributed by atoms with Gasteiger partial charge in [0.25, 0.3) is 0 Å². The monoisotopic (exact) mass is 365 g/mol. The summed E-state index contributed by atoms with van der Waals surface area (Å²) >= 11 is 0. The molecule has 0 aliphatic carbocycles. The molecule has 2 amide bonds. The first-order valence-corrected chi connectivity index (χ1v) is 10.1. The van der Waals surface area contributed by atoms with E-state index in [4.69, 9.17) is 0 Å². The van der Waals surface area contributed by atoms with Crippen molar-refractivity contribution in [1.82, 2.24) is 9.62 Å². The number of rotatable bonds is 6. The Hall–Kier alpha value is -1.93. The summed E-state index contributed by atoms with van der Waals surface area (Å²) in [5, 5.41) is 2.80. The molecule has 0 spiro atoms. The summed E-state index contributed by atoms with van der Waals surface area (Å²) in [6, 6.07) is 4.79. The molecule has 2 N–H and O–H groups in total. The summed E-state index contributed by atoms with van der Waals surface area (Å²) in [6.45, 7) is 1.64. The summed E-state index contributed by atoms with van der Waals surface area (Å²) in [5.74, 6) is 0.111. The highest BCUT2D eigenvalue weighted by atomic mass is 32.2. The number of fused-ring (bicyclic) bond motifs is 1. The van der Waals surface area contributed by atoms with Gasteiger partial charge in [-0.2, -0.15) is 0 Å². The number of benzene rings is 1. The third-order valence-electron chi connectivity index (χ3n) is 4.58. The van der Waals surface area contributed by atoms with Crippen LogP contribution in [0.25, 0.3) is 0 Å². The number of nitrogens with zero attached hydrogens (tertiary/aromatic N) is 1. The lowest BCUT2D eigenvalue weighted by atomic mass is 10.1. The van der Waals surface area contributed by atoms with Crippen LogP contribution in [0.1, 0.15) is 37.7 Å². The average Bonchev–Trinajstić information content (AvgIpc) is 2.87. The molecule has 0 unspecified atom stereocenters. The van der Waals surface area contributed by atoms with Gasteiger partial charge < -0.3 is 10.2 Å². The first kappa shape index (κ1) is 17.9. The van der Waals surface area contributed by atoms with Crippen molar-refractivity contribution in [2.45, 2.75) is 43.4 Å². The van der Waals surface area contributed by atoms with Crippen LogP contribution in [-0.2, 0) is 26.0 Å². The van der Waals surface area contributed by atoms with Crippen LogP contribution < -0.4 is 10.0 Å². The predicted molar refractivity (Wildman–Crippen MR) is 93.6 cm³/mol. The van der Waals surface area contributed by atoms with E-state index in [1.54, 1.807) is 17.0 Å². The van der Waals surface area contributed by atoms with Crippen molar-refractivity contribution in [2.75, 3.05) is 25.0 Å². The highest BCUT2D eigenvalue weighted by Crippen LogP contribution is 2.25. The maximum absolute atomic E-state index is 12.4. The molecule has 0 radical (unpaired) electrons. The molecule has 1 aromatic carbocycles. The second-order valence-corrected chi connectivity index (χ2v) is 8.22.